The maximum Gasteiger partial charge on any atom is 0.112 e. The molecule has 104 valence electrons. The Bertz CT molecular complexity index is 177. The Morgan fingerprint density at radius 3 is 1.47 bits per heavy atom. The quantitative estimate of drug-likeness (QED) is 0.406. The summed E-state index contributed by atoms with van der Waals surface area (Å²) in [6.45, 7) is 18.7. The summed E-state index contributed by atoms with van der Waals surface area (Å²) in [5.74, 6) is 0. The van der Waals surface area contributed by atoms with Gasteiger partial charge in [-0.05, 0) is 13.0 Å². The van der Waals surface area contributed by atoms with Gasteiger partial charge in [-0.1, -0.05) is 78.3 Å². The van der Waals surface area contributed by atoms with Crippen molar-refractivity contribution in [3.05, 3.63) is 0 Å². The van der Waals surface area contributed by atoms with Crippen LogP contribution in [0.2, 0.25) is 39.3 Å². The van der Waals surface area contributed by atoms with E-state index >= 15 is 0 Å². The van der Waals surface area contributed by atoms with Crippen molar-refractivity contribution >= 4 is 16.5 Å². The molecule has 0 aromatic heterocycles. The fraction of sp³-hybridized carbons (Fsp3) is 1.00. The minimum Gasteiger partial charge on any atom is -0.346 e. The molecule has 0 saturated heterocycles. The first kappa shape index (κ1) is 17.4. The summed E-state index contributed by atoms with van der Waals surface area (Å²) in [6.07, 6.45) is 8.51. The van der Waals surface area contributed by atoms with Crippen molar-refractivity contribution in [1.82, 2.24) is 4.23 Å². The summed E-state index contributed by atoms with van der Waals surface area (Å²) in [6, 6.07) is 0. The van der Waals surface area contributed by atoms with Gasteiger partial charge in [-0.15, -0.1) is 0 Å². The zero-order valence-corrected chi connectivity index (χ0v) is 15.4. The molecule has 17 heavy (non-hydrogen) atoms. The molecule has 1 nitrogen and oxygen atoms in total. The van der Waals surface area contributed by atoms with Gasteiger partial charge in [0.2, 0.25) is 0 Å². The van der Waals surface area contributed by atoms with Crippen LogP contribution < -0.4 is 0 Å². The number of hydrogen-bond acceptors (Lipinski definition) is 1. The van der Waals surface area contributed by atoms with Crippen LogP contribution in [0.3, 0.4) is 0 Å². The fourth-order valence-corrected chi connectivity index (χ4v) is 12.4. The molecule has 0 unspecified atom stereocenters. The van der Waals surface area contributed by atoms with Gasteiger partial charge in [-0.3, -0.25) is 0 Å². The predicted molar refractivity (Wildman–Crippen MR) is 86.8 cm³/mol. The molecule has 0 amide bonds. The first-order valence-corrected chi connectivity index (χ1v) is 14.4. The lowest BCUT2D eigenvalue weighted by Crippen LogP contribution is -2.59. The van der Waals surface area contributed by atoms with Gasteiger partial charge in [0.25, 0.3) is 0 Å². The Balaban J connectivity index is 3.95. The van der Waals surface area contributed by atoms with Crippen molar-refractivity contribution in [1.29, 1.82) is 0 Å². The topological polar surface area (TPSA) is 3.24 Å². The average Bonchev–Trinajstić information content (AvgIpc) is 2.12. The molecule has 0 radical (unpaired) electrons. The number of nitrogens with zero attached hydrogens (tertiary/aromatic N) is 1. The van der Waals surface area contributed by atoms with Crippen molar-refractivity contribution in [3.8, 4) is 0 Å². The number of unbranched alkanes of at least 4 members (excludes halogenated alkanes) is 5. The molecule has 0 bridgehead atoms. The summed E-state index contributed by atoms with van der Waals surface area (Å²) in [5, 5.41) is 0. The number of rotatable bonds is 9. The molecule has 3 heteroatoms. The van der Waals surface area contributed by atoms with E-state index in [0.717, 1.165) is 0 Å². The van der Waals surface area contributed by atoms with Crippen LogP contribution in [0.25, 0.3) is 0 Å². The van der Waals surface area contributed by atoms with Gasteiger partial charge >= 0.3 is 0 Å². The highest BCUT2D eigenvalue weighted by Crippen LogP contribution is 2.20. The Kier molecular flexibility index (Phi) is 7.93. The van der Waals surface area contributed by atoms with E-state index in [4.69, 9.17) is 0 Å². The lowest BCUT2D eigenvalue weighted by atomic mass is 10.1. The molecule has 0 aromatic rings. The minimum atomic E-state index is -1.10. The molecule has 0 fully saturated rings. The summed E-state index contributed by atoms with van der Waals surface area (Å²) in [5.41, 5.74) is 0. The highest BCUT2D eigenvalue weighted by Gasteiger charge is 2.33. The third-order valence-electron chi connectivity index (χ3n) is 3.35. The summed E-state index contributed by atoms with van der Waals surface area (Å²) in [4.78, 5) is 0. The normalized spacial score (nSPS) is 13.4. The molecule has 0 spiro atoms. The van der Waals surface area contributed by atoms with E-state index in [1.807, 2.05) is 0 Å². The van der Waals surface area contributed by atoms with Gasteiger partial charge in [-0.25, -0.2) is 0 Å². The van der Waals surface area contributed by atoms with Gasteiger partial charge in [0.1, 0.15) is 16.5 Å². The Morgan fingerprint density at radius 1 is 0.647 bits per heavy atom. The molecule has 0 aliphatic heterocycles. The van der Waals surface area contributed by atoms with Crippen LogP contribution in [0.4, 0.5) is 0 Å². The van der Waals surface area contributed by atoms with E-state index in [9.17, 15) is 0 Å². The van der Waals surface area contributed by atoms with Crippen molar-refractivity contribution in [2.45, 2.75) is 84.7 Å². The lowest BCUT2D eigenvalue weighted by molar-refractivity contribution is 0.533. The second kappa shape index (κ2) is 7.75. The highest BCUT2D eigenvalue weighted by atomic mass is 28.4. The summed E-state index contributed by atoms with van der Waals surface area (Å²) < 4.78 is 2.92. The Morgan fingerprint density at radius 2 is 1.06 bits per heavy atom. The molecule has 0 aliphatic carbocycles. The second-order valence-electron chi connectivity index (χ2n) is 7.26. The van der Waals surface area contributed by atoms with Crippen molar-refractivity contribution in [2.75, 3.05) is 6.54 Å². The molecule has 0 aliphatic rings. The fourth-order valence-electron chi connectivity index (χ4n) is 2.73. The van der Waals surface area contributed by atoms with Gasteiger partial charge in [0.15, 0.2) is 0 Å². The van der Waals surface area contributed by atoms with Gasteiger partial charge in [0, 0.05) is 0 Å². The largest absolute Gasteiger partial charge is 0.346 e. The van der Waals surface area contributed by atoms with E-state index in [0.29, 0.717) is 0 Å². The van der Waals surface area contributed by atoms with Gasteiger partial charge in [0.05, 0.1) is 0 Å². The van der Waals surface area contributed by atoms with Crippen LogP contribution in [0.5, 0.6) is 0 Å². The van der Waals surface area contributed by atoms with E-state index in [-0.39, 0.29) is 0 Å². The molecular formula is C14H35NSi2. The lowest BCUT2D eigenvalue weighted by Gasteiger charge is -2.43. The summed E-state index contributed by atoms with van der Waals surface area (Å²) in [7, 11) is -2.20. The van der Waals surface area contributed by atoms with E-state index < -0.39 is 16.5 Å². The van der Waals surface area contributed by atoms with Crippen molar-refractivity contribution in [2.24, 2.45) is 0 Å². The highest BCUT2D eigenvalue weighted by molar-refractivity contribution is 6.89. The van der Waals surface area contributed by atoms with Crippen LogP contribution in [0, 0.1) is 0 Å². The first-order chi connectivity index (χ1) is 7.69. The van der Waals surface area contributed by atoms with E-state index in [1.54, 1.807) is 0 Å². The van der Waals surface area contributed by atoms with Crippen LogP contribution in [-0.2, 0) is 0 Å². The molecule has 0 aromatic carbocycles. The molecule has 0 heterocycles. The zero-order chi connectivity index (χ0) is 13.5. The predicted octanol–water partition coefficient (Wildman–Crippen LogP) is 5.32. The molecule has 0 atom stereocenters. The van der Waals surface area contributed by atoms with E-state index in [1.165, 1.54) is 45.1 Å². The standard InChI is InChI=1S/C14H35NSi2/c1-8-9-10-11-12-13-14-15(16(2,3)4)17(5,6)7/h8-14H2,1-7H3. The molecule has 0 N–H and O–H groups in total. The SMILES string of the molecule is CCCCCCCCN([Si](C)(C)C)[Si](C)(C)C. The van der Waals surface area contributed by atoms with Crippen LogP contribution >= 0.6 is 0 Å². The average molecular weight is 274 g/mol. The minimum absolute atomic E-state index is 1.10. The monoisotopic (exact) mass is 273 g/mol. The molecule has 0 rings (SSSR count). The van der Waals surface area contributed by atoms with Gasteiger partial charge < -0.3 is 4.23 Å². The Labute approximate surface area is 112 Å². The van der Waals surface area contributed by atoms with Gasteiger partial charge in [-0.2, -0.15) is 0 Å². The van der Waals surface area contributed by atoms with Crippen LogP contribution in [0.1, 0.15) is 45.4 Å². The third-order valence-corrected chi connectivity index (χ3v) is 11.1. The van der Waals surface area contributed by atoms with Crippen molar-refractivity contribution in [3.63, 3.8) is 0 Å². The molecule has 0 saturated carbocycles. The second-order valence-corrected chi connectivity index (χ2v) is 17.5. The third kappa shape index (κ3) is 8.17. The maximum atomic E-state index is 2.92. The van der Waals surface area contributed by atoms with E-state index in [2.05, 4.69) is 50.4 Å². The van der Waals surface area contributed by atoms with Crippen LogP contribution in [0.15, 0.2) is 0 Å². The first-order valence-electron chi connectivity index (χ1n) is 7.47. The Hall–Kier alpha value is 0.394. The summed E-state index contributed by atoms with van der Waals surface area (Å²) >= 11 is 0. The maximum absolute atomic E-state index is 2.92. The molecular weight excluding hydrogens is 238 g/mol. The smallest absolute Gasteiger partial charge is 0.112 e. The zero-order valence-electron chi connectivity index (χ0n) is 13.4. The van der Waals surface area contributed by atoms with Crippen molar-refractivity contribution < 1.29 is 0 Å². The van der Waals surface area contributed by atoms with Crippen LogP contribution in [-0.4, -0.2) is 27.2 Å². The number of hydrogen-bond donors (Lipinski definition) is 0.